The van der Waals surface area contributed by atoms with Crippen LogP contribution in [0.25, 0.3) is 0 Å². The SMILES string of the molecule is CC(C)CCC(=O)N(CCBr)CC(F)(F)F. The Morgan fingerprint density at radius 2 is 1.94 bits per heavy atom. The molecule has 0 aromatic rings. The van der Waals surface area contributed by atoms with Crippen LogP contribution < -0.4 is 0 Å². The van der Waals surface area contributed by atoms with Gasteiger partial charge in [-0.15, -0.1) is 0 Å². The smallest absolute Gasteiger partial charge is 0.333 e. The molecule has 2 nitrogen and oxygen atoms in total. The second-order valence-electron chi connectivity index (χ2n) is 4.05. The van der Waals surface area contributed by atoms with E-state index in [0.717, 1.165) is 4.90 Å². The highest BCUT2D eigenvalue weighted by Crippen LogP contribution is 2.18. The lowest BCUT2D eigenvalue weighted by molar-refractivity contribution is -0.160. The van der Waals surface area contributed by atoms with E-state index in [1.807, 2.05) is 13.8 Å². The number of hydrogen-bond donors (Lipinski definition) is 0. The number of halogens is 4. The molecule has 0 unspecified atom stereocenters. The first kappa shape index (κ1) is 15.7. The summed E-state index contributed by atoms with van der Waals surface area (Å²) in [4.78, 5) is 12.4. The highest BCUT2D eigenvalue weighted by Gasteiger charge is 2.32. The van der Waals surface area contributed by atoms with Gasteiger partial charge < -0.3 is 4.90 Å². The molecule has 0 radical (unpaired) electrons. The van der Waals surface area contributed by atoms with E-state index in [1.54, 1.807) is 0 Å². The minimum Gasteiger partial charge on any atom is -0.333 e. The molecule has 0 bridgehead atoms. The van der Waals surface area contributed by atoms with Crippen molar-refractivity contribution in [1.29, 1.82) is 0 Å². The van der Waals surface area contributed by atoms with Gasteiger partial charge in [-0.3, -0.25) is 4.79 Å². The third kappa shape index (κ3) is 7.96. The molecule has 1 amide bonds. The summed E-state index contributed by atoms with van der Waals surface area (Å²) in [5.41, 5.74) is 0. The number of nitrogens with zero attached hydrogens (tertiary/aromatic N) is 1. The topological polar surface area (TPSA) is 20.3 Å². The quantitative estimate of drug-likeness (QED) is 0.690. The molecule has 0 saturated heterocycles. The molecule has 0 heterocycles. The van der Waals surface area contributed by atoms with E-state index in [9.17, 15) is 18.0 Å². The summed E-state index contributed by atoms with van der Waals surface area (Å²) in [5, 5.41) is 0.358. The predicted octanol–water partition coefficient (Wildman–Crippen LogP) is 3.21. The summed E-state index contributed by atoms with van der Waals surface area (Å²) in [6, 6.07) is 0. The molecule has 0 N–H and O–H groups in total. The molecule has 6 heteroatoms. The average molecular weight is 304 g/mol. The van der Waals surface area contributed by atoms with Gasteiger partial charge in [-0.1, -0.05) is 29.8 Å². The number of hydrogen-bond acceptors (Lipinski definition) is 1. The highest BCUT2D eigenvalue weighted by atomic mass is 79.9. The number of amides is 1. The Hall–Kier alpha value is -0.260. The zero-order valence-electron chi connectivity index (χ0n) is 9.48. The van der Waals surface area contributed by atoms with Crippen LogP contribution in [0.3, 0.4) is 0 Å². The molecule has 0 rings (SSSR count). The van der Waals surface area contributed by atoms with Crippen molar-refractivity contribution >= 4 is 21.8 Å². The van der Waals surface area contributed by atoms with Crippen molar-refractivity contribution in [3.05, 3.63) is 0 Å². The van der Waals surface area contributed by atoms with Crippen molar-refractivity contribution in [3.63, 3.8) is 0 Å². The number of rotatable bonds is 6. The van der Waals surface area contributed by atoms with Crippen molar-refractivity contribution in [1.82, 2.24) is 4.90 Å². The zero-order valence-corrected chi connectivity index (χ0v) is 11.1. The number of carbonyl (C=O) groups is 1. The summed E-state index contributed by atoms with van der Waals surface area (Å²) < 4.78 is 36.5. The van der Waals surface area contributed by atoms with Crippen LogP contribution in [0.4, 0.5) is 13.2 Å². The number of alkyl halides is 4. The number of carbonyl (C=O) groups excluding carboxylic acids is 1. The van der Waals surface area contributed by atoms with Gasteiger partial charge in [0, 0.05) is 18.3 Å². The van der Waals surface area contributed by atoms with Crippen molar-refractivity contribution in [3.8, 4) is 0 Å². The fourth-order valence-corrected chi connectivity index (χ4v) is 1.61. The molecule has 16 heavy (non-hydrogen) atoms. The zero-order chi connectivity index (χ0) is 12.8. The van der Waals surface area contributed by atoms with Gasteiger partial charge in [-0.05, 0) is 12.3 Å². The normalized spacial score (nSPS) is 11.9. The second-order valence-corrected chi connectivity index (χ2v) is 4.84. The van der Waals surface area contributed by atoms with Crippen LogP contribution in [0.5, 0.6) is 0 Å². The summed E-state index contributed by atoms with van der Waals surface area (Å²) >= 11 is 3.04. The molecular formula is C10H17BrF3NO. The van der Waals surface area contributed by atoms with E-state index >= 15 is 0 Å². The molecule has 0 saturated carbocycles. The fraction of sp³-hybridized carbons (Fsp3) is 0.900. The first-order valence-corrected chi connectivity index (χ1v) is 6.29. The Balaban J connectivity index is 4.24. The predicted molar refractivity (Wildman–Crippen MR) is 60.5 cm³/mol. The van der Waals surface area contributed by atoms with E-state index in [2.05, 4.69) is 15.9 Å². The van der Waals surface area contributed by atoms with Gasteiger partial charge in [0.15, 0.2) is 0 Å². The lowest BCUT2D eigenvalue weighted by Gasteiger charge is -2.23. The van der Waals surface area contributed by atoms with Crippen LogP contribution in [0, 0.1) is 5.92 Å². The van der Waals surface area contributed by atoms with Crippen LogP contribution in [-0.4, -0.2) is 35.4 Å². The minimum atomic E-state index is -4.32. The molecule has 0 spiro atoms. The maximum atomic E-state index is 12.2. The lowest BCUT2D eigenvalue weighted by Crippen LogP contribution is -2.40. The highest BCUT2D eigenvalue weighted by molar-refractivity contribution is 9.09. The summed E-state index contributed by atoms with van der Waals surface area (Å²) in [5.74, 6) is -0.105. The molecule has 0 aliphatic rings. The summed E-state index contributed by atoms with van der Waals surface area (Å²) in [6.07, 6.45) is -3.52. The Kier molecular flexibility index (Phi) is 7.03. The largest absolute Gasteiger partial charge is 0.406 e. The van der Waals surface area contributed by atoms with Gasteiger partial charge in [0.2, 0.25) is 5.91 Å². The van der Waals surface area contributed by atoms with E-state index in [0.29, 0.717) is 17.7 Å². The molecule has 96 valence electrons. The third-order valence-corrected chi connectivity index (χ3v) is 2.37. The molecule has 0 aromatic heterocycles. The molecule has 0 aliphatic heterocycles. The monoisotopic (exact) mass is 303 g/mol. The summed E-state index contributed by atoms with van der Waals surface area (Å²) in [6.45, 7) is 2.81. The average Bonchev–Trinajstić information content (AvgIpc) is 2.11. The molecule has 0 atom stereocenters. The van der Waals surface area contributed by atoms with Crippen LogP contribution in [-0.2, 0) is 4.79 Å². The second kappa shape index (κ2) is 7.14. The van der Waals surface area contributed by atoms with Gasteiger partial charge in [0.25, 0.3) is 0 Å². The first-order chi connectivity index (χ1) is 7.26. The van der Waals surface area contributed by atoms with Crippen molar-refractivity contribution in [2.24, 2.45) is 5.92 Å². The van der Waals surface area contributed by atoms with Gasteiger partial charge in [0.05, 0.1) is 0 Å². The Morgan fingerprint density at radius 3 is 2.31 bits per heavy atom. The summed E-state index contributed by atoms with van der Waals surface area (Å²) in [7, 11) is 0. The molecular weight excluding hydrogens is 287 g/mol. The van der Waals surface area contributed by atoms with E-state index in [4.69, 9.17) is 0 Å². The van der Waals surface area contributed by atoms with Gasteiger partial charge in [-0.2, -0.15) is 13.2 Å². The molecule has 0 fully saturated rings. The van der Waals surface area contributed by atoms with Gasteiger partial charge in [-0.25, -0.2) is 0 Å². The van der Waals surface area contributed by atoms with Crippen molar-refractivity contribution < 1.29 is 18.0 Å². The Labute approximate surface area is 102 Å². The standard InChI is InChI=1S/C10H17BrF3NO/c1-8(2)3-4-9(16)15(6-5-11)7-10(12,13)14/h8H,3-7H2,1-2H3. The maximum absolute atomic E-state index is 12.2. The van der Waals surface area contributed by atoms with Crippen molar-refractivity contribution in [2.75, 3.05) is 18.4 Å². The fourth-order valence-electron chi connectivity index (χ4n) is 1.18. The Morgan fingerprint density at radius 1 is 1.38 bits per heavy atom. The van der Waals surface area contributed by atoms with E-state index in [-0.39, 0.29) is 13.0 Å². The van der Waals surface area contributed by atoms with Crippen LogP contribution >= 0.6 is 15.9 Å². The first-order valence-electron chi connectivity index (χ1n) is 5.16. The molecule has 0 aromatic carbocycles. The maximum Gasteiger partial charge on any atom is 0.406 e. The van der Waals surface area contributed by atoms with E-state index < -0.39 is 18.6 Å². The van der Waals surface area contributed by atoms with E-state index in [1.165, 1.54) is 0 Å². The minimum absolute atomic E-state index is 0.0937. The Bertz CT molecular complexity index is 219. The van der Waals surface area contributed by atoms with Gasteiger partial charge in [0.1, 0.15) is 6.54 Å². The van der Waals surface area contributed by atoms with Crippen LogP contribution in [0.15, 0.2) is 0 Å². The van der Waals surface area contributed by atoms with Crippen LogP contribution in [0.1, 0.15) is 26.7 Å². The van der Waals surface area contributed by atoms with Gasteiger partial charge >= 0.3 is 6.18 Å². The van der Waals surface area contributed by atoms with Crippen LogP contribution in [0.2, 0.25) is 0 Å². The molecule has 0 aliphatic carbocycles. The third-order valence-electron chi connectivity index (χ3n) is 2.01. The van der Waals surface area contributed by atoms with Crippen molar-refractivity contribution in [2.45, 2.75) is 32.9 Å². The lowest BCUT2D eigenvalue weighted by atomic mass is 10.1.